The first-order valence-corrected chi connectivity index (χ1v) is 9.61. The van der Waals surface area contributed by atoms with Crippen LogP contribution in [-0.4, -0.2) is 0 Å². The molecule has 0 radical (unpaired) electrons. The molecule has 2 aromatic heterocycles. The minimum absolute atomic E-state index is 0.963. The standard InChI is InChI=1S/C26H22NO/c1-17-12-13-22-21-15-14-20(19-9-5-4-6-10-19)18(2)25(21)28-26(22)24(17)23-11-7-8-16-27(23)3/h4-16H,1-3H3/q+1. The summed E-state index contributed by atoms with van der Waals surface area (Å²) in [5.41, 5.74) is 9.09. The van der Waals surface area contributed by atoms with Crippen molar-refractivity contribution in [1.29, 1.82) is 0 Å². The third-order valence-corrected chi connectivity index (χ3v) is 5.66. The monoisotopic (exact) mass is 364 g/mol. The quantitative estimate of drug-likeness (QED) is 0.333. The average Bonchev–Trinajstić information content (AvgIpc) is 3.09. The van der Waals surface area contributed by atoms with Crippen molar-refractivity contribution in [1.82, 2.24) is 0 Å². The molecule has 0 bridgehead atoms. The molecule has 2 nitrogen and oxygen atoms in total. The van der Waals surface area contributed by atoms with Crippen LogP contribution in [0, 0.1) is 13.8 Å². The second-order valence-electron chi connectivity index (χ2n) is 7.41. The maximum absolute atomic E-state index is 6.55. The number of nitrogens with zero attached hydrogens (tertiary/aromatic N) is 1. The van der Waals surface area contributed by atoms with Gasteiger partial charge in [0, 0.05) is 28.5 Å². The van der Waals surface area contributed by atoms with Crippen molar-refractivity contribution in [3.63, 3.8) is 0 Å². The first-order chi connectivity index (χ1) is 13.6. The van der Waals surface area contributed by atoms with Crippen molar-refractivity contribution in [3.8, 4) is 22.4 Å². The minimum atomic E-state index is 0.963. The molecule has 0 spiro atoms. The Hall–Kier alpha value is -3.39. The van der Waals surface area contributed by atoms with Gasteiger partial charge < -0.3 is 4.42 Å². The Morgan fingerprint density at radius 2 is 1.43 bits per heavy atom. The molecule has 0 fully saturated rings. The third-order valence-electron chi connectivity index (χ3n) is 5.66. The van der Waals surface area contributed by atoms with Crippen LogP contribution in [0.3, 0.4) is 0 Å². The molecule has 0 amide bonds. The van der Waals surface area contributed by atoms with Gasteiger partial charge in [0.15, 0.2) is 6.20 Å². The molecule has 0 atom stereocenters. The number of furan rings is 1. The highest BCUT2D eigenvalue weighted by Crippen LogP contribution is 2.40. The molecule has 0 unspecified atom stereocenters. The minimum Gasteiger partial charge on any atom is -0.455 e. The third kappa shape index (κ3) is 2.45. The van der Waals surface area contributed by atoms with Crippen LogP contribution in [0.25, 0.3) is 44.3 Å². The number of hydrogen-bond acceptors (Lipinski definition) is 1. The number of rotatable bonds is 2. The van der Waals surface area contributed by atoms with E-state index in [0.717, 1.165) is 22.4 Å². The summed E-state index contributed by atoms with van der Waals surface area (Å²) in [7, 11) is 2.08. The van der Waals surface area contributed by atoms with E-state index in [1.165, 1.54) is 33.0 Å². The topological polar surface area (TPSA) is 17.0 Å². The van der Waals surface area contributed by atoms with Crippen molar-refractivity contribution >= 4 is 21.9 Å². The van der Waals surface area contributed by atoms with Gasteiger partial charge in [-0.05, 0) is 42.7 Å². The lowest BCUT2D eigenvalue weighted by atomic mass is 9.97. The molecule has 2 heterocycles. The first-order valence-electron chi connectivity index (χ1n) is 9.61. The van der Waals surface area contributed by atoms with Gasteiger partial charge in [-0.1, -0.05) is 48.5 Å². The second kappa shape index (κ2) is 6.35. The van der Waals surface area contributed by atoms with E-state index in [1.54, 1.807) is 0 Å². The number of hydrogen-bond donors (Lipinski definition) is 0. The molecule has 3 aromatic carbocycles. The number of aromatic nitrogens is 1. The van der Waals surface area contributed by atoms with Crippen LogP contribution >= 0.6 is 0 Å². The second-order valence-corrected chi connectivity index (χ2v) is 7.41. The van der Waals surface area contributed by atoms with E-state index < -0.39 is 0 Å². The number of pyridine rings is 1. The SMILES string of the molecule is Cc1ccc2c(oc3c(C)c(-c4ccccc4)ccc32)c1-c1cccc[n+]1C. The largest absolute Gasteiger partial charge is 0.455 e. The first kappa shape index (κ1) is 16.8. The van der Waals surface area contributed by atoms with Crippen molar-refractivity contribution in [2.45, 2.75) is 13.8 Å². The maximum atomic E-state index is 6.55. The number of aryl methyl sites for hydroxylation is 3. The van der Waals surface area contributed by atoms with Crippen LogP contribution in [0.4, 0.5) is 0 Å². The van der Waals surface area contributed by atoms with Crippen molar-refractivity contribution in [2.24, 2.45) is 7.05 Å². The molecule has 0 aliphatic carbocycles. The van der Waals surface area contributed by atoms with Crippen molar-refractivity contribution in [3.05, 3.63) is 90.1 Å². The predicted octanol–water partition coefficient (Wildman–Crippen LogP) is 6.36. The Labute approximate surface area is 164 Å². The molecule has 0 N–H and O–H groups in total. The molecule has 0 aliphatic rings. The summed E-state index contributed by atoms with van der Waals surface area (Å²) in [6, 6.07) is 25.6. The zero-order chi connectivity index (χ0) is 19.3. The Morgan fingerprint density at radius 3 is 2.21 bits per heavy atom. The Kier molecular flexibility index (Phi) is 3.80. The average molecular weight is 364 g/mol. The van der Waals surface area contributed by atoms with Gasteiger partial charge in [-0.15, -0.1) is 0 Å². The highest BCUT2D eigenvalue weighted by Gasteiger charge is 2.21. The van der Waals surface area contributed by atoms with E-state index in [2.05, 4.69) is 92.3 Å². The maximum Gasteiger partial charge on any atom is 0.216 e. The summed E-state index contributed by atoms with van der Waals surface area (Å²) in [5.74, 6) is 0. The summed E-state index contributed by atoms with van der Waals surface area (Å²) in [6.45, 7) is 4.30. The van der Waals surface area contributed by atoms with Crippen LogP contribution in [0.1, 0.15) is 11.1 Å². The van der Waals surface area contributed by atoms with E-state index in [-0.39, 0.29) is 0 Å². The summed E-state index contributed by atoms with van der Waals surface area (Å²) < 4.78 is 8.70. The van der Waals surface area contributed by atoms with E-state index in [0.29, 0.717) is 0 Å². The highest BCUT2D eigenvalue weighted by atomic mass is 16.3. The van der Waals surface area contributed by atoms with Gasteiger partial charge in [0.25, 0.3) is 0 Å². The van der Waals surface area contributed by atoms with Gasteiger partial charge in [-0.2, -0.15) is 0 Å². The van der Waals surface area contributed by atoms with Gasteiger partial charge in [-0.25, -0.2) is 4.57 Å². The van der Waals surface area contributed by atoms with Crippen LogP contribution in [0.5, 0.6) is 0 Å². The molecule has 2 heteroatoms. The molecular formula is C26H22NO+. The molecule has 28 heavy (non-hydrogen) atoms. The van der Waals surface area contributed by atoms with Crippen molar-refractivity contribution < 1.29 is 8.98 Å². The van der Waals surface area contributed by atoms with Gasteiger partial charge in [-0.3, -0.25) is 0 Å². The van der Waals surface area contributed by atoms with E-state index in [1.807, 2.05) is 12.1 Å². The molecule has 5 rings (SSSR count). The van der Waals surface area contributed by atoms with Crippen LogP contribution in [0.15, 0.2) is 83.4 Å². The zero-order valence-corrected chi connectivity index (χ0v) is 16.4. The Bertz CT molecular complexity index is 1330. The Balaban J connectivity index is 1.85. The summed E-state index contributed by atoms with van der Waals surface area (Å²) in [6.07, 6.45) is 2.08. The lowest BCUT2D eigenvalue weighted by Crippen LogP contribution is -2.30. The smallest absolute Gasteiger partial charge is 0.216 e. The lowest BCUT2D eigenvalue weighted by molar-refractivity contribution is -0.660. The van der Waals surface area contributed by atoms with Gasteiger partial charge in [0.2, 0.25) is 5.69 Å². The number of benzene rings is 3. The summed E-state index contributed by atoms with van der Waals surface area (Å²) in [4.78, 5) is 0. The van der Waals surface area contributed by atoms with Crippen LogP contribution < -0.4 is 4.57 Å². The fourth-order valence-corrected chi connectivity index (χ4v) is 4.17. The molecule has 0 aliphatic heterocycles. The molecule has 136 valence electrons. The fourth-order valence-electron chi connectivity index (χ4n) is 4.17. The molecule has 0 saturated carbocycles. The van der Waals surface area contributed by atoms with Crippen LogP contribution in [-0.2, 0) is 7.05 Å². The van der Waals surface area contributed by atoms with E-state index in [9.17, 15) is 0 Å². The van der Waals surface area contributed by atoms with Gasteiger partial charge in [0.05, 0.1) is 5.56 Å². The number of fused-ring (bicyclic) bond motifs is 3. The fraction of sp³-hybridized carbons (Fsp3) is 0.115. The highest BCUT2D eigenvalue weighted by molar-refractivity contribution is 6.11. The van der Waals surface area contributed by atoms with Crippen molar-refractivity contribution in [2.75, 3.05) is 0 Å². The van der Waals surface area contributed by atoms with Gasteiger partial charge in [0.1, 0.15) is 18.2 Å². The predicted molar refractivity (Wildman–Crippen MR) is 115 cm³/mol. The van der Waals surface area contributed by atoms with E-state index in [4.69, 9.17) is 4.42 Å². The molecular weight excluding hydrogens is 342 g/mol. The zero-order valence-electron chi connectivity index (χ0n) is 16.4. The Morgan fingerprint density at radius 1 is 0.714 bits per heavy atom. The molecule has 5 aromatic rings. The van der Waals surface area contributed by atoms with Crippen LogP contribution in [0.2, 0.25) is 0 Å². The molecule has 0 saturated heterocycles. The summed E-state index contributed by atoms with van der Waals surface area (Å²) in [5, 5.41) is 2.34. The van der Waals surface area contributed by atoms with Gasteiger partial charge >= 0.3 is 0 Å². The summed E-state index contributed by atoms with van der Waals surface area (Å²) >= 11 is 0. The lowest BCUT2D eigenvalue weighted by Gasteiger charge is -2.06. The normalized spacial score (nSPS) is 11.4. The van der Waals surface area contributed by atoms with E-state index >= 15 is 0 Å².